The van der Waals surface area contributed by atoms with Crippen molar-refractivity contribution in [2.24, 2.45) is 0 Å². The average Bonchev–Trinajstić information content (AvgIpc) is 2.98. The van der Waals surface area contributed by atoms with E-state index in [2.05, 4.69) is 11.8 Å². The first-order valence-corrected chi connectivity index (χ1v) is 7.18. The number of carbonyl (C=O) groups is 1. The van der Waals surface area contributed by atoms with Crippen LogP contribution in [-0.2, 0) is 0 Å². The van der Waals surface area contributed by atoms with Gasteiger partial charge in [-0.3, -0.25) is 9.69 Å². The summed E-state index contributed by atoms with van der Waals surface area (Å²) in [6.07, 6.45) is 4.43. The van der Waals surface area contributed by atoms with Crippen molar-refractivity contribution in [3.8, 4) is 5.75 Å². The van der Waals surface area contributed by atoms with E-state index in [1.165, 1.54) is 12.8 Å². The zero-order chi connectivity index (χ0) is 13.7. The Balaban J connectivity index is 2.12. The lowest BCUT2D eigenvalue weighted by atomic mass is 9.99. The molecule has 0 amide bonds. The van der Waals surface area contributed by atoms with Crippen LogP contribution in [-0.4, -0.2) is 36.9 Å². The maximum absolute atomic E-state index is 12.6. The summed E-state index contributed by atoms with van der Waals surface area (Å²) in [6, 6.07) is 7.53. The van der Waals surface area contributed by atoms with Gasteiger partial charge < -0.3 is 4.74 Å². The highest BCUT2D eigenvalue weighted by Crippen LogP contribution is 2.20. The number of hydrogen-bond acceptors (Lipinski definition) is 3. The molecule has 0 radical (unpaired) electrons. The van der Waals surface area contributed by atoms with Crippen LogP contribution in [0.25, 0.3) is 0 Å². The highest BCUT2D eigenvalue weighted by molar-refractivity contribution is 6.00. The van der Waals surface area contributed by atoms with Crippen molar-refractivity contribution in [2.45, 2.75) is 38.6 Å². The van der Waals surface area contributed by atoms with Crippen LogP contribution < -0.4 is 4.74 Å². The molecule has 1 fully saturated rings. The molecule has 1 aromatic rings. The van der Waals surface area contributed by atoms with E-state index in [9.17, 15) is 4.79 Å². The molecule has 0 unspecified atom stereocenters. The van der Waals surface area contributed by atoms with Gasteiger partial charge in [0.05, 0.1) is 13.2 Å². The first-order valence-electron chi connectivity index (χ1n) is 7.18. The van der Waals surface area contributed by atoms with Gasteiger partial charge in [-0.1, -0.05) is 13.3 Å². The van der Waals surface area contributed by atoms with E-state index >= 15 is 0 Å². The second-order valence-corrected chi connectivity index (χ2v) is 5.14. The van der Waals surface area contributed by atoms with Gasteiger partial charge in [-0.15, -0.1) is 0 Å². The molecule has 1 atom stereocenters. The van der Waals surface area contributed by atoms with Crippen LogP contribution in [0.4, 0.5) is 0 Å². The van der Waals surface area contributed by atoms with Gasteiger partial charge in [0.2, 0.25) is 0 Å². The monoisotopic (exact) mass is 261 g/mol. The number of ketones is 1. The molecule has 19 heavy (non-hydrogen) atoms. The highest BCUT2D eigenvalue weighted by atomic mass is 16.5. The van der Waals surface area contributed by atoms with Crippen molar-refractivity contribution in [1.82, 2.24) is 4.90 Å². The summed E-state index contributed by atoms with van der Waals surface area (Å²) in [7, 11) is 1.64. The smallest absolute Gasteiger partial charge is 0.179 e. The van der Waals surface area contributed by atoms with Crippen molar-refractivity contribution in [3.63, 3.8) is 0 Å². The number of benzene rings is 1. The van der Waals surface area contributed by atoms with Gasteiger partial charge in [0.1, 0.15) is 5.75 Å². The highest BCUT2D eigenvalue weighted by Gasteiger charge is 2.27. The Labute approximate surface area is 115 Å². The van der Waals surface area contributed by atoms with Crippen molar-refractivity contribution >= 4 is 5.78 Å². The third-order valence-corrected chi connectivity index (χ3v) is 3.82. The SMILES string of the molecule is CCC[C@H](C(=O)c1ccc(OC)cc1)N1CCCC1. The largest absolute Gasteiger partial charge is 0.497 e. The molecule has 1 aliphatic rings. The zero-order valence-corrected chi connectivity index (χ0v) is 11.9. The van der Waals surface area contributed by atoms with Crippen LogP contribution in [0.2, 0.25) is 0 Å². The first kappa shape index (κ1) is 14.1. The fraction of sp³-hybridized carbons (Fsp3) is 0.562. The number of nitrogens with zero attached hydrogens (tertiary/aromatic N) is 1. The average molecular weight is 261 g/mol. The van der Waals surface area contributed by atoms with Crippen molar-refractivity contribution < 1.29 is 9.53 Å². The molecular weight excluding hydrogens is 238 g/mol. The van der Waals surface area contributed by atoms with Crippen LogP contribution in [0.3, 0.4) is 0 Å². The quantitative estimate of drug-likeness (QED) is 0.737. The molecule has 1 aromatic carbocycles. The van der Waals surface area contributed by atoms with Gasteiger partial charge in [0.15, 0.2) is 5.78 Å². The molecule has 1 aliphatic heterocycles. The van der Waals surface area contributed by atoms with E-state index in [0.29, 0.717) is 0 Å². The summed E-state index contributed by atoms with van der Waals surface area (Å²) in [6.45, 7) is 4.27. The molecule has 0 bridgehead atoms. The Morgan fingerprint density at radius 2 is 1.89 bits per heavy atom. The lowest BCUT2D eigenvalue weighted by Crippen LogP contribution is -2.39. The van der Waals surface area contributed by atoms with E-state index in [1.807, 2.05) is 24.3 Å². The molecule has 0 aliphatic carbocycles. The second-order valence-electron chi connectivity index (χ2n) is 5.14. The van der Waals surface area contributed by atoms with E-state index in [1.54, 1.807) is 7.11 Å². The van der Waals surface area contributed by atoms with E-state index < -0.39 is 0 Å². The Morgan fingerprint density at radius 3 is 2.42 bits per heavy atom. The Kier molecular flexibility index (Phi) is 4.97. The number of hydrogen-bond donors (Lipinski definition) is 0. The zero-order valence-electron chi connectivity index (χ0n) is 11.9. The molecule has 1 heterocycles. The van der Waals surface area contributed by atoms with Crippen LogP contribution in [0.1, 0.15) is 43.0 Å². The van der Waals surface area contributed by atoms with Gasteiger partial charge in [0, 0.05) is 5.56 Å². The molecule has 0 aromatic heterocycles. The Bertz CT molecular complexity index is 407. The fourth-order valence-electron chi connectivity index (χ4n) is 2.75. The summed E-state index contributed by atoms with van der Waals surface area (Å²) in [5.41, 5.74) is 0.797. The molecule has 3 heteroatoms. The lowest BCUT2D eigenvalue weighted by molar-refractivity contribution is 0.0837. The first-order chi connectivity index (χ1) is 9.26. The third kappa shape index (κ3) is 3.35. The topological polar surface area (TPSA) is 29.5 Å². The Morgan fingerprint density at radius 1 is 1.26 bits per heavy atom. The van der Waals surface area contributed by atoms with Gasteiger partial charge in [-0.2, -0.15) is 0 Å². The molecule has 0 N–H and O–H groups in total. The third-order valence-electron chi connectivity index (χ3n) is 3.82. The molecule has 3 nitrogen and oxygen atoms in total. The molecule has 0 saturated carbocycles. The van der Waals surface area contributed by atoms with Crippen LogP contribution >= 0.6 is 0 Å². The lowest BCUT2D eigenvalue weighted by Gasteiger charge is -2.26. The van der Waals surface area contributed by atoms with E-state index in [0.717, 1.165) is 37.2 Å². The molecule has 2 rings (SSSR count). The van der Waals surface area contributed by atoms with Gasteiger partial charge in [-0.05, 0) is 56.6 Å². The summed E-state index contributed by atoms with van der Waals surface area (Å²) in [5.74, 6) is 1.05. The predicted molar refractivity (Wildman–Crippen MR) is 76.8 cm³/mol. The molecule has 1 saturated heterocycles. The van der Waals surface area contributed by atoms with Crippen molar-refractivity contribution in [1.29, 1.82) is 0 Å². The van der Waals surface area contributed by atoms with Gasteiger partial charge >= 0.3 is 0 Å². The number of Topliss-reactive ketones (excluding diaryl/α,β-unsaturated/α-hetero) is 1. The summed E-state index contributed by atoms with van der Waals surface area (Å²) in [4.78, 5) is 15.0. The van der Waals surface area contributed by atoms with Crippen LogP contribution in [0.5, 0.6) is 5.75 Å². The van der Waals surface area contributed by atoms with E-state index in [-0.39, 0.29) is 11.8 Å². The predicted octanol–water partition coefficient (Wildman–Crippen LogP) is 3.14. The van der Waals surface area contributed by atoms with Crippen LogP contribution in [0.15, 0.2) is 24.3 Å². The van der Waals surface area contributed by atoms with Crippen molar-refractivity contribution in [2.75, 3.05) is 20.2 Å². The minimum atomic E-state index is 0.0564. The van der Waals surface area contributed by atoms with E-state index in [4.69, 9.17) is 4.74 Å². The maximum Gasteiger partial charge on any atom is 0.179 e. The second kappa shape index (κ2) is 6.71. The summed E-state index contributed by atoms with van der Waals surface area (Å²) >= 11 is 0. The van der Waals surface area contributed by atoms with Gasteiger partial charge in [-0.25, -0.2) is 0 Å². The standard InChI is InChI=1S/C16H23NO2/c1-3-6-15(17-11-4-5-12-17)16(18)13-7-9-14(19-2)10-8-13/h7-10,15H,3-6,11-12H2,1-2H3/t15-/m1/s1. The van der Waals surface area contributed by atoms with Gasteiger partial charge in [0.25, 0.3) is 0 Å². The van der Waals surface area contributed by atoms with Crippen molar-refractivity contribution in [3.05, 3.63) is 29.8 Å². The minimum Gasteiger partial charge on any atom is -0.497 e. The molecular formula is C16H23NO2. The number of carbonyl (C=O) groups excluding carboxylic acids is 1. The normalized spacial score (nSPS) is 17.4. The number of rotatable bonds is 6. The summed E-state index contributed by atoms with van der Waals surface area (Å²) in [5, 5.41) is 0. The van der Waals surface area contributed by atoms with Crippen LogP contribution in [0, 0.1) is 0 Å². The molecule has 0 spiro atoms. The minimum absolute atomic E-state index is 0.0564. The number of ether oxygens (including phenoxy) is 1. The number of likely N-dealkylation sites (tertiary alicyclic amines) is 1. The maximum atomic E-state index is 12.6. The fourth-order valence-corrected chi connectivity index (χ4v) is 2.75. The Hall–Kier alpha value is -1.35. The molecule has 104 valence electrons. The summed E-state index contributed by atoms with van der Waals surface area (Å²) < 4.78 is 5.13. The number of methoxy groups -OCH3 is 1.